The van der Waals surface area contributed by atoms with Crippen molar-refractivity contribution in [3.8, 4) is 0 Å². The van der Waals surface area contributed by atoms with Gasteiger partial charge in [0, 0.05) is 19.1 Å². The fourth-order valence-electron chi connectivity index (χ4n) is 3.52. The highest BCUT2D eigenvalue weighted by Gasteiger charge is 2.50. The Morgan fingerprint density at radius 1 is 1.33 bits per heavy atom. The Morgan fingerprint density at radius 2 is 2.05 bits per heavy atom. The summed E-state index contributed by atoms with van der Waals surface area (Å²) in [7, 11) is 1.71. The van der Waals surface area contributed by atoms with Crippen LogP contribution in [0.3, 0.4) is 0 Å². The van der Waals surface area contributed by atoms with Crippen molar-refractivity contribution in [3.63, 3.8) is 0 Å². The Kier molecular flexibility index (Phi) is 4.75. The minimum atomic E-state index is -0.889. The topological polar surface area (TPSA) is 86.1 Å². The van der Waals surface area contributed by atoms with E-state index in [4.69, 9.17) is 4.74 Å². The lowest BCUT2D eigenvalue weighted by Crippen LogP contribution is -2.63. The van der Waals surface area contributed by atoms with Crippen LogP contribution in [0.2, 0.25) is 0 Å². The predicted molar refractivity (Wildman–Crippen MR) is 83.4 cm³/mol. The Bertz CT molecular complexity index is 403. The smallest absolute Gasteiger partial charge is 0.159 e. The number of amidine groups is 1. The molecule has 120 valence electrons. The van der Waals surface area contributed by atoms with Gasteiger partial charge >= 0.3 is 0 Å². The molecule has 1 unspecified atom stereocenters. The van der Waals surface area contributed by atoms with Crippen LogP contribution in [0, 0.1) is 0 Å². The van der Waals surface area contributed by atoms with Gasteiger partial charge in [0.2, 0.25) is 0 Å². The number of hydrogen-bond acceptors (Lipinski definition) is 6. The van der Waals surface area contributed by atoms with E-state index in [1.807, 2.05) is 6.92 Å². The van der Waals surface area contributed by atoms with Crippen LogP contribution < -0.4 is 10.6 Å². The summed E-state index contributed by atoms with van der Waals surface area (Å²) in [5.41, 5.74) is -0.195. The van der Waals surface area contributed by atoms with Crippen molar-refractivity contribution in [3.05, 3.63) is 0 Å². The monoisotopic (exact) mass is 315 g/mol. The molecule has 4 N–H and O–H groups in total. The second kappa shape index (κ2) is 6.42. The lowest BCUT2D eigenvalue weighted by molar-refractivity contribution is -0.164. The zero-order valence-electron chi connectivity index (χ0n) is 12.5. The Morgan fingerprint density at radius 3 is 2.71 bits per heavy atom. The standard InChI is InChI=1S/C14H25N3O3S/c1-7(16-8-5-3-4-6-8)12-11(19)10(18)9-13(20-12)21-14(15-2)17-9/h7-13,16,18-19H,3-6H2,1-2H3,(H,15,17)/t7?,9-,10-,11+,12-,13-/m1/s1. The van der Waals surface area contributed by atoms with Crippen LogP contribution in [0.15, 0.2) is 4.99 Å². The van der Waals surface area contributed by atoms with Gasteiger partial charge in [-0.3, -0.25) is 4.99 Å². The molecule has 0 aromatic rings. The summed E-state index contributed by atoms with van der Waals surface area (Å²) < 4.78 is 6.04. The van der Waals surface area contributed by atoms with Gasteiger partial charge in [-0.05, 0) is 19.8 Å². The first-order valence-corrected chi connectivity index (χ1v) is 8.65. The molecule has 21 heavy (non-hydrogen) atoms. The summed E-state index contributed by atoms with van der Waals surface area (Å²) in [4.78, 5) is 4.10. The highest BCUT2D eigenvalue weighted by atomic mass is 32.2. The van der Waals surface area contributed by atoms with Gasteiger partial charge in [-0.25, -0.2) is 0 Å². The maximum atomic E-state index is 10.4. The molecule has 0 aromatic heterocycles. The van der Waals surface area contributed by atoms with Crippen LogP contribution in [-0.2, 0) is 4.74 Å². The first kappa shape index (κ1) is 15.6. The van der Waals surface area contributed by atoms with Crippen LogP contribution in [0.25, 0.3) is 0 Å². The van der Waals surface area contributed by atoms with Gasteiger partial charge in [-0.2, -0.15) is 0 Å². The van der Waals surface area contributed by atoms with Gasteiger partial charge in [0.1, 0.15) is 23.7 Å². The van der Waals surface area contributed by atoms with E-state index in [2.05, 4.69) is 15.6 Å². The van der Waals surface area contributed by atoms with Crippen molar-refractivity contribution in [2.45, 2.75) is 74.5 Å². The number of thioether (sulfide) groups is 1. The molecule has 2 saturated heterocycles. The number of ether oxygens (including phenoxy) is 1. The molecule has 3 rings (SSSR count). The number of rotatable bonds is 3. The molecule has 3 fully saturated rings. The Balaban J connectivity index is 1.65. The van der Waals surface area contributed by atoms with Gasteiger partial charge in [0.25, 0.3) is 0 Å². The summed E-state index contributed by atoms with van der Waals surface area (Å²) in [5, 5.41) is 28.2. The molecule has 3 aliphatic rings. The van der Waals surface area contributed by atoms with Gasteiger partial charge in [-0.15, -0.1) is 0 Å². The molecule has 2 aliphatic heterocycles. The van der Waals surface area contributed by atoms with Gasteiger partial charge in [-0.1, -0.05) is 24.6 Å². The molecule has 0 amide bonds. The van der Waals surface area contributed by atoms with Crippen molar-refractivity contribution >= 4 is 16.9 Å². The summed E-state index contributed by atoms with van der Waals surface area (Å²) >= 11 is 1.48. The number of hydrogen-bond donors (Lipinski definition) is 4. The number of fused-ring (bicyclic) bond motifs is 1. The number of aliphatic hydroxyl groups is 2. The van der Waals surface area contributed by atoms with Crippen LogP contribution >= 0.6 is 11.8 Å². The third-order valence-electron chi connectivity index (χ3n) is 4.71. The lowest BCUT2D eigenvalue weighted by Gasteiger charge is -2.42. The molecule has 7 heteroatoms. The molecule has 6 atom stereocenters. The molecule has 0 radical (unpaired) electrons. The van der Waals surface area contributed by atoms with Crippen LogP contribution in [-0.4, -0.2) is 64.3 Å². The fraction of sp³-hybridized carbons (Fsp3) is 0.929. The normalized spacial score (nSPS) is 43.8. The summed E-state index contributed by atoms with van der Waals surface area (Å²) in [6, 6.07) is 0.230. The zero-order valence-corrected chi connectivity index (χ0v) is 13.3. The van der Waals surface area contributed by atoms with E-state index in [-0.39, 0.29) is 17.5 Å². The molecule has 2 heterocycles. The van der Waals surface area contributed by atoms with Gasteiger partial charge in [0.05, 0.1) is 6.04 Å². The summed E-state index contributed by atoms with van der Waals surface area (Å²) in [6.07, 6.45) is 2.78. The van der Waals surface area contributed by atoms with Gasteiger partial charge in [0.15, 0.2) is 5.17 Å². The van der Waals surface area contributed by atoms with E-state index < -0.39 is 18.3 Å². The molecule has 1 saturated carbocycles. The second-order valence-corrected chi connectivity index (χ2v) is 7.29. The minimum absolute atomic E-state index is 0.0157. The molecular weight excluding hydrogens is 290 g/mol. The summed E-state index contributed by atoms with van der Waals surface area (Å²) in [6.45, 7) is 2.03. The van der Waals surface area contributed by atoms with Gasteiger partial charge < -0.3 is 25.6 Å². The maximum Gasteiger partial charge on any atom is 0.159 e. The van der Waals surface area contributed by atoms with E-state index in [0.29, 0.717) is 6.04 Å². The quantitative estimate of drug-likeness (QED) is 0.589. The van der Waals surface area contributed by atoms with Crippen molar-refractivity contribution in [1.82, 2.24) is 10.6 Å². The average molecular weight is 315 g/mol. The summed E-state index contributed by atoms with van der Waals surface area (Å²) in [5.74, 6) is 0. The maximum absolute atomic E-state index is 10.4. The van der Waals surface area contributed by atoms with E-state index >= 15 is 0 Å². The van der Waals surface area contributed by atoms with Crippen molar-refractivity contribution in [2.24, 2.45) is 4.99 Å². The van der Waals surface area contributed by atoms with Crippen LogP contribution in [0.5, 0.6) is 0 Å². The lowest BCUT2D eigenvalue weighted by atomic mass is 9.93. The van der Waals surface area contributed by atoms with Crippen LogP contribution in [0.4, 0.5) is 0 Å². The number of aliphatic imine (C=N–C) groups is 1. The average Bonchev–Trinajstić information content (AvgIpc) is 3.11. The highest BCUT2D eigenvalue weighted by molar-refractivity contribution is 8.14. The molecular formula is C14H25N3O3S. The zero-order chi connectivity index (χ0) is 15.0. The predicted octanol–water partition coefficient (Wildman–Crippen LogP) is 0.0446. The molecule has 0 spiro atoms. The number of aliphatic hydroxyl groups excluding tert-OH is 2. The third kappa shape index (κ3) is 3.07. The highest BCUT2D eigenvalue weighted by Crippen LogP contribution is 2.35. The molecule has 6 nitrogen and oxygen atoms in total. The minimum Gasteiger partial charge on any atom is -0.388 e. The second-order valence-electron chi connectivity index (χ2n) is 6.20. The number of nitrogens with one attached hydrogen (secondary N) is 2. The molecule has 0 bridgehead atoms. The van der Waals surface area contributed by atoms with Crippen LogP contribution in [0.1, 0.15) is 32.6 Å². The first-order chi connectivity index (χ1) is 10.1. The van der Waals surface area contributed by atoms with E-state index in [1.54, 1.807) is 7.05 Å². The van der Waals surface area contributed by atoms with Crippen molar-refractivity contribution in [1.29, 1.82) is 0 Å². The first-order valence-electron chi connectivity index (χ1n) is 7.77. The third-order valence-corrected chi connectivity index (χ3v) is 5.87. The van der Waals surface area contributed by atoms with E-state index in [1.165, 1.54) is 37.4 Å². The Labute approximate surface area is 129 Å². The largest absolute Gasteiger partial charge is 0.388 e. The molecule has 0 aromatic carbocycles. The molecule has 1 aliphatic carbocycles. The van der Waals surface area contributed by atoms with E-state index in [9.17, 15) is 10.2 Å². The van der Waals surface area contributed by atoms with Crippen molar-refractivity contribution < 1.29 is 14.9 Å². The number of nitrogens with zero attached hydrogens (tertiary/aromatic N) is 1. The van der Waals surface area contributed by atoms with Crippen molar-refractivity contribution in [2.75, 3.05) is 7.05 Å². The fourth-order valence-corrected chi connectivity index (χ4v) is 4.61. The SMILES string of the molecule is CN=C1N[C@@H]2[C@@H](O)[C@H](O)[C@@H](C(C)NC3CCCC3)O[C@@H]2S1. The van der Waals surface area contributed by atoms with E-state index in [0.717, 1.165) is 5.17 Å². The Hall–Kier alpha value is -0.340.